The van der Waals surface area contributed by atoms with Gasteiger partial charge in [0.05, 0.1) is 6.61 Å². The molecule has 0 aliphatic heterocycles. The van der Waals surface area contributed by atoms with E-state index >= 15 is 0 Å². The molecule has 1 unspecified atom stereocenters. The van der Waals surface area contributed by atoms with Gasteiger partial charge in [-0.25, -0.2) is 0 Å². The molecule has 0 saturated heterocycles. The van der Waals surface area contributed by atoms with E-state index < -0.39 is 0 Å². The largest absolute Gasteiger partial charge is 0.467 e. The average molecular weight is 228 g/mol. The van der Waals surface area contributed by atoms with Crippen LogP contribution in [0.1, 0.15) is 60.8 Å². The van der Waals surface area contributed by atoms with E-state index in [4.69, 9.17) is 4.74 Å². The van der Waals surface area contributed by atoms with Gasteiger partial charge in [-0.05, 0) is 30.6 Å². The van der Waals surface area contributed by atoms with E-state index in [-0.39, 0.29) is 10.8 Å². The Bertz CT molecular complexity index is 203. The molecule has 0 heterocycles. The SMILES string of the molecule is CCC(COC=O)(CC(C)C)CC(C)(C)C. The molecule has 0 fully saturated rings. The van der Waals surface area contributed by atoms with Gasteiger partial charge in [0.15, 0.2) is 0 Å². The third kappa shape index (κ3) is 6.14. The van der Waals surface area contributed by atoms with E-state index in [1.165, 1.54) is 0 Å². The van der Waals surface area contributed by atoms with Crippen LogP contribution in [0.25, 0.3) is 0 Å². The molecule has 1 atom stereocenters. The third-order valence-corrected chi connectivity index (χ3v) is 2.95. The highest BCUT2D eigenvalue weighted by Crippen LogP contribution is 2.41. The van der Waals surface area contributed by atoms with Crippen LogP contribution in [-0.2, 0) is 9.53 Å². The van der Waals surface area contributed by atoms with Crippen molar-refractivity contribution in [2.75, 3.05) is 6.61 Å². The highest BCUT2D eigenvalue weighted by molar-refractivity contribution is 5.37. The number of hydrogen-bond donors (Lipinski definition) is 0. The molecule has 0 aromatic heterocycles. The summed E-state index contributed by atoms with van der Waals surface area (Å²) in [6, 6.07) is 0. The Hall–Kier alpha value is -0.530. The van der Waals surface area contributed by atoms with Crippen molar-refractivity contribution in [2.24, 2.45) is 16.7 Å². The monoisotopic (exact) mass is 228 g/mol. The summed E-state index contributed by atoms with van der Waals surface area (Å²) in [5.41, 5.74) is 0.421. The van der Waals surface area contributed by atoms with Gasteiger partial charge in [0.25, 0.3) is 6.47 Å². The second-order valence-electron chi connectivity index (χ2n) is 6.60. The first-order chi connectivity index (χ1) is 7.24. The minimum Gasteiger partial charge on any atom is -0.467 e. The number of carbonyl (C=O) groups excluding carboxylic acids is 1. The Kier molecular flexibility index (Phi) is 6.06. The highest BCUT2D eigenvalue weighted by atomic mass is 16.5. The van der Waals surface area contributed by atoms with Crippen molar-refractivity contribution in [3.05, 3.63) is 0 Å². The van der Waals surface area contributed by atoms with E-state index in [9.17, 15) is 4.79 Å². The minimum absolute atomic E-state index is 0.146. The van der Waals surface area contributed by atoms with Crippen LogP contribution < -0.4 is 0 Å². The summed E-state index contributed by atoms with van der Waals surface area (Å²) in [4.78, 5) is 10.4. The van der Waals surface area contributed by atoms with Crippen molar-refractivity contribution in [1.29, 1.82) is 0 Å². The number of ether oxygens (including phenoxy) is 1. The molecule has 0 aromatic rings. The second-order valence-corrected chi connectivity index (χ2v) is 6.60. The van der Waals surface area contributed by atoms with Crippen molar-refractivity contribution < 1.29 is 9.53 Å². The molecule has 0 radical (unpaired) electrons. The van der Waals surface area contributed by atoms with Crippen LogP contribution in [-0.4, -0.2) is 13.1 Å². The molecule has 96 valence electrons. The smallest absolute Gasteiger partial charge is 0.293 e. The van der Waals surface area contributed by atoms with Crippen LogP contribution in [0.15, 0.2) is 0 Å². The first-order valence-electron chi connectivity index (χ1n) is 6.30. The lowest BCUT2D eigenvalue weighted by Gasteiger charge is -2.38. The molecule has 0 saturated carbocycles. The fourth-order valence-electron chi connectivity index (χ4n) is 2.76. The molecule has 0 aliphatic carbocycles. The van der Waals surface area contributed by atoms with Gasteiger partial charge < -0.3 is 4.74 Å². The Morgan fingerprint density at radius 2 is 1.81 bits per heavy atom. The summed E-state index contributed by atoms with van der Waals surface area (Å²) >= 11 is 0. The van der Waals surface area contributed by atoms with Crippen LogP contribution >= 0.6 is 0 Å². The van der Waals surface area contributed by atoms with E-state index in [1.54, 1.807) is 0 Å². The third-order valence-electron chi connectivity index (χ3n) is 2.95. The van der Waals surface area contributed by atoms with Gasteiger partial charge in [-0.2, -0.15) is 0 Å². The van der Waals surface area contributed by atoms with Crippen molar-refractivity contribution in [3.63, 3.8) is 0 Å². The summed E-state index contributed by atoms with van der Waals surface area (Å²) in [6.45, 7) is 14.5. The molecule has 0 N–H and O–H groups in total. The lowest BCUT2D eigenvalue weighted by molar-refractivity contribution is -0.133. The average Bonchev–Trinajstić information content (AvgIpc) is 2.11. The first-order valence-corrected chi connectivity index (χ1v) is 6.30. The molecule has 0 amide bonds. The van der Waals surface area contributed by atoms with E-state index in [0.29, 0.717) is 19.0 Å². The van der Waals surface area contributed by atoms with Crippen LogP contribution in [0.5, 0.6) is 0 Å². The molecular formula is C14H28O2. The maximum absolute atomic E-state index is 10.4. The molecule has 0 aliphatic rings. The normalized spacial score (nSPS) is 15.9. The molecule has 2 nitrogen and oxygen atoms in total. The topological polar surface area (TPSA) is 26.3 Å². The molecule has 0 aromatic carbocycles. The fourth-order valence-corrected chi connectivity index (χ4v) is 2.76. The number of rotatable bonds is 7. The van der Waals surface area contributed by atoms with Gasteiger partial charge in [0.1, 0.15) is 0 Å². The molecule has 0 rings (SSSR count). The molecule has 0 bridgehead atoms. The number of hydrogen-bond acceptors (Lipinski definition) is 2. The molecular weight excluding hydrogens is 200 g/mol. The Morgan fingerprint density at radius 3 is 2.12 bits per heavy atom. The lowest BCUT2D eigenvalue weighted by atomic mass is 9.68. The van der Waals surface area contributed by atoms with Gasteiger partial charge >= 0.3 is 0 Å². The zero-order chi connectivity index (χ0) is 12.8. The zero-order valence-electron chi connectivity index (χ0n) is 11.8. The van der Waals surface area contributed by atoms with Crippen molar-refractivity contribution in [3.8, 4) is 0 Å². The van der Waals surface area contributed by atoms with Crippen LogP contribution in [0.4, 0.5) is 0 Å². The van der Waals surface area contributed by atoms with Crippen molar-refractivity contribution in [1.82, 2.24) is 0 Å². The summed E-state index contributed by atoms with van der Waals surface area (Å²) in [7, 11) is 0. The zero-order valence-corrected chi connectivity index (χ0v) is 11.8. The van der Waals surface area contributed by atoms with Crippen molar-refractivity contribution in [2.45, 2.75) is 60.8 Å². The molecule has 0 spiro atoms. The van der Waals surface area contributed by atoms with Crippen LogP contribution in [0, 0.1) is 16.7 Å². The Morgan fingerprint density at radius 1 is 1.25 bits per heavy atom. The van der Waals surface area contributed by atoms with Gasteiger partial charge in [-0.3, -0.25) is 4.79 Å². The van der Waals surface area contributed by atoms with Crippen LogP contribution in [0.3, 0.4) is 0 Å². The minimum atomic E-state index is 0.146. The number of carbonyl (C=O) groups is 1. The predicted molar refractivity (Wildman–Crippen MR) is 68.3 cm³/mol. The van der Waals surface area contributed by atoms with Gasteiger partial charge in [0.2, 0.25) is 0 Å². The van der Waals surface area contributed by atoms with E-state index in [1.807, 2.05) is 0 Å². The van der Waals surface area contributed by atoms with Gasteiger partial charge in [0, 0.05) is 5.41 Å². The maximum Gasteiger partial charge on any atom is 0.293 e. The lowest BCUT2D eigenvalue weighted by Crippen LogP contribution is -2.32. The summed E-state index contributed by atoms with van der Waals surface area (Å²) < 4.78 is 5.06. The quantitative estimate of drug-likeness (QED) is 0.615. The maximum atomic E-state index is 10.4. The van der Waals surface area contributed by atoms with E-state index in [2.05, 4.69) is 41.5 Å². The predicted octanol–water partition coefficient (Wildman–Crippen LogP) is 4.04. The summed E-state index contributed by atoms with van der Waals surface area (Å²) in [5, 5.41) is 0. The molecule has 16 heavy (non-hydrogen) atoms. The highest BCUT2D eigenvalue weighted by Gasteiger charge is 2.34. The first kappa shape index (κ1) is 15.5. The fraction of sp³-hybridized carbons (Fsp3) is 0.929. The molecule has 2 heteroatoms. The second kappa shape index (κ2) is 6.27. The van der Waals surface area contributed by atoms with Gasteiger partial charge in [-0.1, -0.05) is 41.5 Å². The summed E-state index contributed by atoms with van der Waals surface area (Å²) in [5.74, 6) is 0.637. The standard InChI is InChI=1S/C14H28O2/c1-7-14(8-12(2)3,10-16-11-15)9-13(4,5)6/h11-12H,7-10H2,1-6H3. The van der Waals surface area contributed by atoms with Gasteiger partial charge in [-0.15, -0.1) is 0 Å². The summed E-state index contributed by atoms with van der Waals surface area (Å²) in [6.07, 6.45) is 3.29. The van der Waals surface area contributed by atoms with E-state index in [0.717, 1.165) is 19.3 Å². The van der Waals surface area contributed by atoms with Crippen molar-refractivity contribution >= 4 is 6.47 Å². The Labute approximate surface area is 101 Å². The Balaban J connectivity index is 4.72. The van der Waals surface area contributed by atoms with Crippen LogP contribution in [0.2, 0.25) is 0 Å².